The van der Waals surface area contributed by atoms with Crippen molar-refractivity contribution in [3.8, 4) is 0 Å². The molecular weight excluding hydrogens is 215 g/mol. The second-order valence-corrected chi connectivity index (χ2v) is 5.00. The highest BCUT2D eigenvalue weighted by molar-refractivity contribution is 5.54. The van der Waals surface area contributed by atoms with Gasteiger partial charge >= 0.3 is 0 Å². The Morgan fingerprint density at radius 3 is 3.00 bits per heavy atom. The fraction of sp³-hybridized carbons (Fsp3) is 0.571. The van der Waals surface area contributed by atoms with E-state index < -0.39 is 0 Å². The molecule has 1 aliphatic rings. The Labute approximate surface area is 103 Å². The number of benzene rings is 1. The molecule has 0 radical (unpaired) electrons. The average molecular weight is 236 g/mol. The van der Waals surface area contributed by atoms with E-state index in [1.165, 1.54) is 18.5 Å². The first-order valence-electron chi connectivity index (χ1n) is 6.38. The van der Waals surface area contributed by atoms with Gasteiger partial charge in [0.25, 0.3) is 0 Å². The van der Waals surface area contributed by atoms with Gasteiger partial charge in [0.15, 0.2) is 0 Å². The number of piperidine rings is 1. The molecule has 0 amide bonds. The predicted molar refractivity (Wildman–Crippen MR) is 69.8 cm³/mol. The minimum Gasteiger partial charge on any atom is -0.371 e. The van der Waals surface area contributed by atoms with Gasteiger partial charge in [-0.2, -0.15) is 0 Å². The van der Waals surface area contributed by atoms with Gasteiger partial charge in [0.1, 0.15) is 5.82 Å². The van der Waals surface area contributed by atoms with Crippen molar-refractivity contribution in [3.63, 3.8) is 0 Å². The zero-order valence-corrected chi connectivity index (χ0v) is 10.7. The molecule has 0 aliphatic carbocycles. The van der Waals surface area contributed by atoms with E-state index >= 15 is 0 Å². The standard InChI is InChI=1S/C14H21FN2/c1-11-4-3-7-17(10-11)14-6-5-13(15)8-12(14)9-16-2/h5-6,8,11,16H,3-4,7,9-10H2,1-2H3. The van der Waals surface area contributed by atoms with E-state index in [0.717, 1.165) is 31.1 Å². The molecule has 17 heavy (non-hydrogen) atoms. The highest BCUT2D eigenvalue weighted by Gasteiger charge is 2.18. The molecule has 2 nitrogen and oxygen atoms in total. The van der Waals surface area contributed by atoms with E-state index in [-0.39, 0.29) is 5.82 Å². The summed E-state index contributed by atoms with van der Waals surface area (Å²) in [7, 11) is 1.90. The molecule has 1 N–H and O–H groups in total. The monoisotopic (exact) mass is 236 g/mol. The van der Waals surface area contributed by atoms with Crippen LogP contribution in [0.4, 0.5) is 10.1 Å². The Morgan fingerprint density at radius 2 is 2.29 bits per heavy atom. The first-order chi connectivity index (χ1) is 8.20. The quantitative estimate of drug-likeness (QED) is 0.868. The molecule has 1 atom stereocenters. The van der Waals surface area contributed by atoms with Gasteiger partial charge in [-0.25, -0.2) is 4.39 Å². The zero-order chi connectivity index (χ0) is 12.3. The molecular formula is C14H21FN2. The number of halogens is 1. The summed E-state index contributed by atoms with van der Waals surface area (Å²) >= 11 is 0. The molecule has 1 fully saturated rings. The van der Waals surface area contributed by atoms with Gasteiger partial charge in [-0.15, -0.1) is 0 Å². The molecule has 1 heterocycles. The number of hydrogen-bond acceptors (Lipinski definition) is 2. The Hall–Kier alpha value is -1.09. The first-order valence-corrected chi connectivity index (χ1v) is 6.38. The van der Waals surface area contributed by atoms with E-state index in [4.69, 9.17) is 0 Å². The summed E-state index contributed by atoms with van der Waals surface area (Å²) in [5.41, 5.74) is 2.24. The third kappa shape index (κ3) is 2.97. The van der Waals surface area contributed by atoms with Crippen LogP contribution >= 0.6 is 0 Å². The zero-order valence-electron chi connectivity index (χ0n) is 10.7. The van der Waals surface area contributed by atoms with Crippen LogP contribution in [0.1, 0.15) is 25.3 Å². The maximum absolute atomic E-state index is 13.3. The molecule has 1 aromatic carbocycles. The van der Waals surface area contributed by atoms with Gasteiger partial charge in [-0.1, -0.05) is 6.92 Å². The van der Waals surface area contributed by atoms with Crippen LogP contribution in [0, 0.1) is 11.7 Å². The van der Waals surface area contributed by atoms with E-state index in [0.29, 0.717) is 0 Å². The number of anilines is 1. The number of nitrogens with zero attached hydrogens (tertiary/aromatic N) is 1. The number of rotatable bonds is 3. The van der Waals surface area contributed by atoms with Crippen molar-refractivity contribution in [1.82, 2.24) is 5.32 Å². The molecule has 1 unspecified atom stereocenters. The topological polar surface area (TPSA) is 15.3 Å². The minimum atomic E-state index is -0.149. The van der Waals surface area contributed by atoms with Crippen molar-refractivity contribution in [2.45, 2.75) is 26.3 Å². The van der Waals surface area contributed by atoms with Crippen LogP contribution in [-0.4, -0.2) is 20.1 Å². The SMILES string of the molecule is CNCc1cc(F)ccc1N1CCCC(C)C1. The van der Waals surface area contributed by atoms with E-state index in [1.54, 1.807) is 12.1 Å². The number of hydrogen-bond donors (Lipinski definition) is 1. The van der Waals surface area contributed by atoms with Gasteiger partial charge in [-0.3, -0.25) is 0 Å². The average Bonchev–Trinajstić information content (AvgIpc) is 2.29. The summed E-state index contributed by atoms with van der Waals surface area (Å²) in [5.74, 6) is 0.584. The molecule has 0 saturated carbocycles. The van der Waals surface area contributed by atoms with Crippen LogP contribution < -0.4 is 10.2 Å². The second kappa shape index (κ2) is 5.50. The third-order valence-electron chi connectivity index (χ3n) is 3.41. The highest BCUT2D eigenvalue weighted by atomic mass is 19.1. The van der Waals surface area contributed by atoms with E-state index in [2.05, 4.69) is 17.1 Å². The summed E-state index contributed by atoms with van der Waals surface area (Å²) in [6.07, 6.45) is 2.54. The summed E-state index contributed by atoms with van der Waals surface area (Å²) < 4.78 is 13.3. The van der Waals surface area contributed by atoms with E-state index in [9.17, 15) is 4.39 Å². The molecule has 1 aromatic rings. The lowest BCUT2D eigenvalue weighted by Gasteiger charge is -2.34. The van der Waals surface area contributed by atoms with Gasteiger partial charge < -0.3 is 10.2 Å². The molecule has 0 spiro atoms. The third-order valence-corrected chi connectivity index (χ3v) is 3.41. The van der Waals surface area contributed by atoms with Gasteiger partial charge in [0.05, 0.1) is 0 Å². The maximum Gasteiger partial charge on any atom is 0.123 e. The predicted octanol–water partition coefficient (Wildman–Crippen LogP) is 2.78. The molecule has 0 aromatic heterocycles. The number of nitrogens with one attached hydrogen (secondary N) is 1. The molecule has 94 valence electrons. The molecule has 1 saturated heterocycles. The van der Waals surface area contributed by atoms with Crippen molar-refractivity contribution in [2.24, 2.45) is 5.92 Å². The molecule has 1 aliphatic heterocycles. The van der Waals surface area contributed by atoms with Gasteiger partial charge in [0, 0.05) is 25.3 Å². The highest BCUT2D eigenvalue weighted by Crippen LogP contribution is 2.26. The van der Waals surface area contributed by atoms with Crippen LogP contribution in [0.5, 0.6) is 0 Å². The lowest BCUT2D eigenvalue weighted by molar-refractivity contribution is 0.446. The lowest BCUT2D eigenvalue weighted by atomic mass is 9.99. The fourth-order valence-corrected chi connectivity index (χ4v) is 2.60. The van der Waals surface area contributed by atoms with Crippen molar-refractivity contribution >= 4 is 5.69 Å². The normalized spacial score (nSPS) is 20.6. The van der Waals surface area contributed by atoms with Crippen LogP contribution in [-0.2, 0) is 6.54 Å². The first kappa shape index (κ1) is 12.4. The molecule has 2 rings (SSSR count). The Balaban J connectivity index is 2.23. The van der Waals surface area contributed by atoms with Crippen molar-refractivity contribution in [1.29, 1.82) is 0 Å². The van der Waals surface area contributed by atoms with Crippen molar-refractivity contribution in [2.75, 3.05) is 25.0 Å². The van der Waals surface area contributed by atoms with Gasteiger partial charge in [-0.05, 0) is 49.6 Å². The summed E-state index contributed by atoms with van der Waals surface area (Å²) in [6.45, 7) is 5.18. The molecule has 3 heteroatoms. The minimum absolute atomic E-state index is 0.149. The van der Waals surface area contributed by atoms with Crippen LogP contribution in [0.25, 0.3) is 0 Å². The lowest BCUT2D eigenvalue weighted by Crippen LogP contribution is -2.35. The molecule has 0 bridgehead atoms. The Kier molecular flexibility index (Phi) is 4.00. The largest absolute Gasteiger partial charge is 0.371 e. The second-order valence-electron chi connectivity index (χ2n) is 5.00. The van der Waals surface area contributed by atoms with Crippen LogP contribution in [0.2, 0.25) is 0 Å². The summed E-state index contributed by atoms with van der Waals surface area (Å²) in [5, 5.41) is 3.11. The summed E-state index contributed by atoms with van der Waals surface area (Å²) in [6, 6.07) is 5.12. The fourth-order valence-electron chi connectivity index (χ4n) is 2.60. The van der Waals surface area contributed by atoms with Crippen LogP contribution in [0.3, 0.4) is 0 Å². The summed E-state index contributed by atoms with van der Waals surface area (Å²) in [4.78, 5) is 2.39. The maximum atomic E-state index is 13.3. The van der Waals surface area contributed by atoms with Crippen LogP contribution in [0.15, 0.2) is 18.2 Å². The van der Waals surface area contributed by atoms with E-state index in [1.807, 2.05) is 13.1 Å². The van der Waals surface area contributed by atoms with Crippen molar-refractivity contribution in [3.05, 3.63) is 29.6 Å². The van der Waals surface area contributed by atoms with Gasteiger partial charge in [0.2, 0.25) is 0 Å². The Morgan fingerprint density at radius 1 is 1.47 bits per heavy atom. The van der Waals surface area contributed by atoms with Crippen molar-refractivity contribution < 1.29 is 4.39 Å². The Bertz CT molecular complexity index is 378. The smallest absolute Gasteiger partial charge is 0.123 e.